The summed E-state index contributed by atoms with van der Waals surface area (Å²) in [5.74, 6) is 0.457. The van der Waals surface area contributed by atoms with Gasteiger partial charge in [0, 0.05) is 31.1 Å². The molecule has 0 aromatic heterocycles. The highest BCUT2D eigenvalue weighted by Gasteiger charge is 2.25. The molecule has 25 heavy (non-hydrogen) atoms. The van der Waals surface area contributed by atoms with Crippen molar-refractivity contribution in [3.05, 3.63) is 42.0 Å². The minimum Gasteiger partial charge on any atom is -0.355 e. The lowest BCUT2D eigenvalue weighted by atomic mass is 9.94. The van der Waals surface area contributed by atoms with Crippen LogP contribution >= 0.6 is 0 Å². The van der Waals surface area contributed by atoms with E-state index in [-0.39, 0.29) is 17.2 Å². The van der Waals surface area contributed by atoms with E-state index in [1.54, 1.807) is 6.08 Å². The minimum atomic E-state index is -0.375. The highest BCUT2D eigenvalue weighted by atomic mass is 16.2. The highest BCUT2D eigenvalue weighted by molar-refractivity contribution is 5.94. The first-order chi connectivity index (χ1) is 11.8. The van der Waals surface area contributed by atoms with Gasteiger partial charge >= 0.3 is 0 Å². The standard InChI is InChI=1S/C21H30N2O2/c1-16(18-10-6-5-7-11-18)13-19(24)23-12-8-9-17(15-23)14-22-20(25)21(2,3)4/h5-7,10-11,13,17H,8-9,12,14-15H2,1-4H3,(H,22,25)/b16-13-/t17-/m1/s1. The Labute approximate surface area is 151 Å². The summed E-state index contributed by atoms with van der Waals surface area (Å²) in [6.45, 7) is 9.85. The van der Waals surface area contributed by atoms with Crippen molar-refractivity contribution in [3.63, 3.8) is 0 Å². The molecule has 0 aliphatic carbocycles. The number of piperidine rings is 1. The predicted octanol–water partition coefficient (Wildman–Crippen LogP) is 3.49. The Morgan fingerprint density at radius 1 is 1.24 bits per heavy atom. The average molecular weight is 342 g/mol. The number of carbonyl (C=O) groups is 2. The number of hydrogen-bond acceptors (Lipinski definition) is 2. The molecule has 136 valence electrons. The van der Waals surface area contributed by atoms with E-state index in [9.17, 15) is 9.59 Å². The number of likely N-dealkylation sites (tertiary alicyclic amines) is 1. The molecule has 4 nitrogen and oxygen atoms in total. The van der Waals surface area contributed by atoms with Crippen LogP contribution in [0.15, 0.2) is 36.4 Å². The molecule has 1 heterocycles. The van der Waals surface area contributed by atoms with E-state index in [4.69, 9.17) is 0 Å². The van der Waals surface area contributed by atoms with Crippen LogP contribution in [0.5, 0.6) is 0 Å². The third-order valence-electron chi connectivity index (χ3n) is 4.63. The molecule has 1 atom stereocenters. The van der Waals surface area contributed by atoms with E-state index in [0.717, 1.165) is 30.5 Å². The number of rotatable bonds is 4. The molecule has 1 aliphatic heterocycles. The smallest absolute Gasteiger partial charge is 0.246 e. The van der Waals surface area contributed by atoms with Gasteiger partial charge in [0.1, 0.15) is 0 Å². The average Bonchev–Trinajstić information content (AvgIpc) is 2.59. The van der Waals surface area contributed by atoms with E-state index in [0.29, 0.717) is 19.0 Å². The molecule has 2 rings (SSSR count). The van der Waals surface area contributed by atoms with Crippen LogP contribution in [0.2, 0.25) is 0 Å². The third-order valence-corrected chi connectivity index (χ3v) is 4.63. The molecule has 0 spiro atoms. The van der Waals surface area contributed by atoms with E-state index in [2.05, 4.69) is 5.32 Å². The van der Waals surface area contributed by atoms with Gasteiger partial charge in [-0.1, -0.05) is 51.1 Å². The predicted molar refractivity (Wildman–Crippen MR) is 102 cm³/mol. The Balaban J connectivity index is 1.92. The first-order valence-electron chi connectivity index (χ1n) is 9.08. The first kappa shape index (κ1) is 19.2. The van der Waals surface area contributed by atoms with Crippen molar-refractivity contribution < 1.29 is 9.59 Å². The Hall–Kier alpha value is -2.10. The van der Waals surface area contributed by atoms with Crippen LogP contribution in [0.4, 0.5) is 0 Å². The fourth-order valence-corrected chi connectivity index (χ4v) is 2.99. The third kappa shape index (κ3) is 5.73. The summed E-state index contributed by atoms with van der Waals surface area (Å²) in [6.07, 6.45) is 3.76. The zero-order valence-electron chi connectivity index (χ0n) is 15.8. The van der Waals surface area contributed by atoms with Crippen molar-refractivity contribution in [2.75, 3.05) is 19.6 Å². The minimum absolute atomic E-state index is 0.0631. The molecule has 1 aromatic rings. The molecule has 1 saturated heterocycles. The van der Waals surface area contributed by atoms with Gasteiger partial charge in [-0.25, -0.2) is 0 Å². The molecule has 0 unspecified atom stereocenters. The maximum Gasteiger partial charge on any atom is 0.246 e. The van der Waals surface area contributed by atoms with Crippen LogP contribution in [-0.2, 0) is 9.59 Å². The second kappa shape index (κ2) is 8.32. The van der Waals surface area contributed by atoms with Crippen molar-refractivity contribution in [1.29, 1.82) is 0 Å². The van der Waals surface area contributed by atoms with Crippen LogP contribution in [0.3, 0.4) is 0 Å². The quantitative estimate of drug-likeness (QED) is 0.852. The van der Waals surface area contributed by atoms with Gasteiger partial charge < -0.3 is 10.2 Å². The first-order valence-corrected chi connectivity index (χ1v) is 9.08. The molecule has 1 aromatic carbocycles. The zero-order valence-corrected chi connectivity index (χ0v) is 15.8. The number of hydrogen-bond donors (Lipinski definition) is 1. The van der Waals surface area contributed by atoms with Gasteiger partial charge in [0.05, 0.1) is 0 Å². The summed E-state index contributed by atoms with van der Waals surface area (Å²) in [5, 5.41) is 3.03. The Morgan fingerprint density at radius 2 is 1.92 bits per heavy atom. The van der Waals surface area contributed by atoms with Crippen molar-refractivity contribution in [3.8, 4) is 0 Å². The number of benzene rings is 1. The monoisotopic (exact) mass is 342 g/mol. The number of amides is 2. The summed E-state index contributed by atoms with van der Waals surface area (Å²) < 4.78 is 0. The molecule has 0 bridgehead atoms. The SMILES string of the molecule is C/C(=C/C(=O)N1CCC[C@H](CNC(=O)C(C)(C)C)C1)c1ccccc1. The summed E-state index contributed by atoms with van der Waals surface area (Å²) in [7, 11) is 0. The van der Waals surface area contributed by atoms with Crippen LogP contribution in [0.1, 0.15) is 46.1 Å². The molecular weight excluding hydrogens is 312 g/mol. The Kier molecular flexibility index (Phi) is 6.40. The second-order valence-corrected chi connectivity index (χ2v) is 7.95. The fourth-order valence-electron chi connectivity index (χ4n) is 2.99. The van der Waals surface area contributed by atoms with Gasteiger partial charge in [-0.2, -0.15) is 0 Å². The fraction of sp³-hybridized carbons (Fsp3) is 0.524. The maximum absolute atomic E-state index is 12.6. The molecule has 1 fully saturated rings. The summed E-state index contributed by atoms with van der Waals surface area (Å²) >= 11 is 0. The normalized spacial score (nSPS) is 18.8. The van der Waals surface area contributed by atoms with Crippen LogP contribution in [0.25, 0.3) is 5.57 Å². The van der Waals surface area contributed by atoms with E-state index in [1.807, 2.05) is 62.9 Å². The molecule has 2 amide bonds. The molecule has 1 aliphatic rings. The van der Waals surface area contributed by atoms with Crippen LogP contribution in [0, 0.1) is 11.3 Å². The molecular formula is C21H30N2O2. The van der Waals surface area contributed by atoms with Gasteiger partial charge in [-0.05, 0) is 36.8 Å². The van der Waals surface area contributed by atoms with Gasteiger partial charge in [0.15, 0.2) is 0 Å². The maximum atomic E-state index is 12.6. The molecule has 0 saturated carbocycles. The van der Waals surface area contributed by atoms with Crippen molar-refractivity contribution in [1.82, 2.24) is 10.2 Å². The van der Waals surface area contributed by atoms with Crippen LogP contribution < -0.4 is 5.32 Å². The molecule has 0 radical (unpaired) electrons. The summed E-state index contributed by atoms with van der Waals surface area (Å²) in [6, 6.07) is 9.96. The van der Waals surface area contributed by atoms with E-state index >= 15 is 0 Å². The van der Waals surface area contributed by atoms with Gasteiger partial charge in [-0.15, -0.1) is 0 Å². The Bertz CT molecular complexity index is 629. The second-order valence-electron chi connectivity index (χ2n) is 7.95. The number of nitrogens with one attached hydrogen (secondary N) is 1. The van der Waals surface area contributed by atoms with Crippen molar-refractivity contribution in [2.45, 2.75) is 40.5 Å². The highest BCUT2D eigenvalue weighted by Crippen LogP contribution is 2.19. The van der Waals surface area contributed by atoms with Gasteiger partial charge in [-0.3, -0.25) is 9.59 Å². The number of allylic oxidation sites excluding steroid dienone is 1. The summed E-state index contributed by atoms with van der Waals surface area (Å²) in [4.78, 5) is 26.5. The zero-order chi connectivity index (χ0) is 18.4. The van der Waals surface area contributed by atoms with E-state index < -0.39 is 0 Å². The topological polar surface area (TPSA) is 49.4 Å². The molecule has 1 N–H and O–H groups in total. The lowest BCUT2D eigenvalue weighted by Crippen LogP contribution is -2.45. The number of carbonyl (C=O) groups excluding carboxylic acids is 2. The molecule has 4 heteroatoms. The Morgan fingerprint density at radius 3 is 2.56 bits per heavy atom. The van der Waals surface area contributed by atoms with Crippen LogP contribution in [-0.4, -0.2) is 36.3 Å². The van der Waals surface area contributed by atoms with E-state index in [1.165, 1.54) is 0 Å². The summed E-state index contributed by atoms with van der Waals surface area (Å²) in [5.41, 5.74) is 1.68. The van der Waals surface area contributed by atoms with Gasteiger partial charge in [0.2, 0.25) is 11.8 Å². The lowest BCUT2D eigenvalue weighted by molar-refractivity contribution is -0.129. The van der Waals surface area contributed by atoms with Crippen molar-refractivity contribution >= 4 is 17.4 Å². The van der Waals surface area contributed by atoms with Crippen molar-refractivity contribution in [2.24, 2.45) is 11.3 Å². The van der Waals surface area contributed by atoms with Gasteiger partial charge in [0.25, 0.3) is 0 Å². The lowest BCUT2D eigenvalue weighted by Gasteiger charge is -2.33. The largest absolute Gasteiger partial charge is 0.355 e. The number of nitrogens with zero attached hydrogens (tertiary/aromatic N) is 1.